The minimum atomic E-state index is -0.333. The maximum atomic E-state index is 12.5. The zero-order valence-electron chi connectivity index (χ0n) is 17.8. The lowest BCUT2D eigenvalue weighted by molar-refractivity contribution is 0.260. The van der Waals surface area contributed by atoms with E-state index in [2.05, 4.69) is 17.6 Å². The molecule has 158 valence electrons. The highest BCUT2D eigenvalue weighted by atomic mass is 16.5. The Morgan fingerprint density at radius 3 is 1.86 bits per heavy atom. The van der Waals surface area contributed by atoms with Gasteiger partial charge >= 0.3 is 6.03 Å². The first-order valence-electron chi connectivity index (χ1n) is 10.3. The lowest BCUT2D eigenvalue weighted by Crippen LogP contribution is -2.19. The van der Waals surface area contributed by atoms with Gasteiger partial charge in [0.15, 0.2) is 11.5 Å². The van der Waals surface area contributed by atoms with Gasteiger partial charge in [0.2, 0.25) is 5.75 Å². The molecule has 0 fully saturated rings. The van der Waals surface area contributed by atoms with Gasteiger partial charge in [0.25, 0.3) is 0 Å². The van der Waals surface area contributed by atoms with Crippen LogP contribution in [0.4, 0.5) is 16.2 Å². The number of carbonyl (C=O) groups is 1. The van der Waals surface area contributed by atoms with Gasteiger partial charge in [0, 0.05) is 17.8 Å². The Hall–Kier alpha value is -2.89. The molecule has 0 aromatic heterocycles. The van der Waals surface area contributed by atoms with E-state index in [-0.39, 0.29) is 6.03 Å². The number of anilines is 2. The summed E-state index contributed by atoms with van der Waals surface area (Å²) in [6.07, 6.45) is 3.38. The van der Waals surface area contributed by atoms with Crippen molar-refractivity contribution < 1.29 is 19.0 Å². The lowest BCUT2D eigenvalue weighted by Gasteiger charge is -2.17. The SMILES string of the molecule is CCCCc1ccc(NC(=O)Nc2cc(OCC)c(OCC)c(OCC)c2)cc1. The van der Waals surface area contributed by atoms with E-state index in [1.807, 2.05) is 45.0 Å². The highest BCUT2D eigenvalue weighted by Crippen LogP contribution is 2.40. The Morgan fingerprint density at radius 1 is 0.793 bits per heavy atom. The number of rotatable bonds is 11. The third-order valence-electron chi connectivity index (χ3n) is 4.20. The zero-order chi connectivity index (χ0) is 21.1. The number of hydrogen-bond donors (Lipinski definition) is 2. The number of nitrogens with one attached hydrogen (secondary N) is 2. The van der Waals surface area contributed by atoms with Crippen molar-refractivity contribution in [2.24, 2.45) is 0 Å². The molecule has 0 atom stereocenters. The Morgan fingerprint density at radius 2 is 1.34 bits per heavy atom. The maximum absolute atomic E-state index is 12.5. The standard InChI is InChI=1S/C23H32N2O4/c1-5-9-10-17-11-13-18(14-12-17)24-23(26)25-19-15-20(27-6-2)22(29-8-4)21(16-19)28-7-3/h11-16H,5-10H2,1-4H3,(H2,24,25,26). The highest BCUT2D eigenvalue weighted by molar-refractivity contribution is 6.00. The molecule has 0 saturated heterocycles. The Balaban J connectivity index is 2.11. The van der Waals surface area contributed by atoms with E-state index in [9.17, 15) is 4.79 Å². The van der Waals surface area contributed by atoms with Gasteiger partial charge < -0.3 is 24.8 Å². The first kappa shape index (κ1) is 22.4. The number of hydrogen-bond acceptors (Lipinski definition) is 4. The fourth-order valence-corrected chi connectivity index (χ4v) is 2.89. The summed E-state index contributed by atoms with van der Waals surface area (Å²) >= 11 is 0. The first-order chi connectivity index (χ1) is 14.1. The van der Waals surface area contributed by atoms with Crippen LogP contribution in [0.15, 0.2) is 36.4 Å². The minimum absolute atomic E-state index is 0.333. The number of carbonyl (C=O) groups excluding carboxylic acids is 1. The first-order valence-corrected chi connectivity index (χ1v) is 10.3. The monoisotopic (exact) mass is 400 g/mol. The van der Waals surface area contributed by atoms with Crippen molar-refractivity contribution in [3.05, 3.63) is 42.0 Å². The van der Waals surface area contributed by atoms with Crippen molar-refractivity contribution in [3.8, 4) is 17.2 Å². The van der Waals surface area contributed by atoms with E-state index >= 15 is 0 Å². The molecule has 6 heteroatoms. The van der Waals surface area contributed by atoms with Crippen molar-refractivity contribution in [2.75, 3.05) is 30.5 Å². The molecular formula is C23H32N2O4. The number of amides is 2. The van der Waals surface area contributed by atoms with Crippen molar-refractivity contribution in [1.29, 1.82) is 0 Å². The van der Waals surface area contributed by atoms with E-state index in [0.29, 0.717) is 42.8 Å². The molecule has 2 aromatic rings. The maximum Gasteiger partial charge on any atom is 0.323 e. The quantitative estimate of drug-likeness (QED) is 0.495. The second kappa shape index (κ2) is 11.8. The van der Waals surface area contributed by atoms with Gasteiger partial charge in [-0.3, -0.25) is 0 Å². The second-order valence-corrected chi connectivity index (χ2v) is 6.48. The van der Waals surface area contributed by atoms with Gasteiger partial charge in [-0.2, -0.15) is 0 Å². The fourth-order valence-electron chi connectivity index (χ4n) is 2.89. The van der Waals surface area contributed by atoms with Crippen molar-refractivity contribution in [1.82, 2.24) is 0 Å². The zero-order valence-corrected chi connectivity index (χ0v) is 17.8. The van der Waals surface area contributed by atoms with Crippen LogP contribution < -0.4 is 24.8 Å². The highest BCUT2D eigenvalue weighted by Gasteiger charge is 2.16. The molecule has 0 bridgehead atoms. The predicted molar refractivity (Wildman–Crippen MR) is 118 cm³/mol. The Kier molecular flexibility index (Phi) is 9.15. The van der Waals surface area contributed by atoms with Gasteiger partial charge in [-0.05, 0) is 51.3 Å². The van der Waals surface area contributed by atoms with Crippen LogP contribution in [-0.4, -0.2) is 25.9 Å². The van der Waals surface area contributed by atoms with Gasteiger partial charge in [-0.15, -0.1) is 0 Å². The third kappa shape index (κ3) is 6.89. The van der Waals surface area contributed by atoms with Crippen LogP contribution in [0.5, 0.6) is 17.2 Å². The van der Waals surface area contributed by atoms with Crippen LogP contribution in [0.3, 0.4) is 0 Å². The molecule has 6 nitrogen and oxygen atoms in total. The van der Waals surface area contributed by atoms with E-state index in [4.69, 9.17) is 14.2 Å². The van der Waals surface area contributed by atoms with E-state index in [0.717, 1.165) is 24.9 Å². The van der Waals surface area contributed by atoms with Crippen LogP contribution in [-0.2, 0) is 6.42 Å². The molecule has 29 heavy (non-hydrogen) atoms. The molecule has 0 aliphatic rings. The molecular weight excluding hydrogens is 368 g/mol. The van der Waals surface area contributed by atoms with Gasteiger partial charge in [-0.1, -0.05) is 25.5 Å². The van der Waals surface area contributed by atoms with Crippen LogP contribution in [0.1, 0.15) is 46.1 Å². The summed E-state index contributed by atoms with van der Waals surface area (Å²) in [4.78, 5) is 12.5. The summed E-state index contributed by atoms with van der Waals surface area (Å²) in [5, 5.41) is 5.69. The van der Waals surface area contributed by atoms with Crippen LogP contribution in [0.2, 0.25) is 0 Å². The molecule has 0 radical (unpaired) electrons. The normalized spacial score (nSPS) is 10.3. The predicted octanol–water partition coefficient (Wildman–Crippen LogP) is 5.87. The molecule has 2 aromatic carbocycles. The minimum Gasteiger partial charge on any atom is -0.490 e. The number of unbranched alkanes of at least 4 members (excludes halogenated alkanes) is 1. The summed E-state index contributed by atoms with van der Waals surface area (Å²) in [6, 6.07) is 11.1. The van der Waals surface area contributed by atoms with E-state index in [1.165, 1.54) is 5.56 Å². The molecule has 0 unspecified atom stereocenters. The molecule has 2 rings (SSSR count). The number of urea groups is 1. The summed E-state index contributed by atoms with van der Waals surface area (Å²) in [5.41, 5.74) is 2.58. The van der Waals surface area contributed by atoms with E-state index in [1.54, 1.807) is 12.1 Å². The van der Waals surface area contributed by atoms with Crippen molar-refractivity contribution >= 4 is 17.4 Å². The third-order valence-corrected chi connectivity index (χ3v) is 4.20. The van der Waals surface area contributed by atoms with Crippen molar-refractivity contribution in [2.45, 2.75) is 47.0 Å². The smallest absolute Gasteiger partial charge is 0.323 e. The summed E-state index contributed by atoms with van der Waals surface area (Å²) in [5.74, 6) is 1.62. The molecule has 0 heterocycles. The average Bonchev–Trinajstić information content (AvgIpc) is 2.70. The second-order valence-electron chi connectivity index (χ2n) is 6.48. The van der Waals surface area contributed by atoms with Crippen LogP contribution in [0, 0.1) is 0 Å². The summed E-state index contributed by atoms with van der Waals surface area (Å²) < 4.78 is 17.1. The van der Waals surface area contributed by atoms with Gasteiger partial charge in [0.1, 0.15) is 0 Å². The number of ether oxygens (including phenoxy) is 3. The molecule has 0 aliphatic carbocycles. The largest absolute Gasteiger partial charge is 0.490 e. The van der Waals surface area contributed by atoms with E-state index < -0.39 is 0 Å². The Labute approximate surface area is 173 Å². The molecule has 0 saturated carbocycles. The molecule has 2 amide bonds. The van der Waals surface area contributed by atoms with Gasteiger partial charge in [-0.25, -0.2) is 4.79 Å². The number of benzene rings is 2. The topological polar surface area (TPSA) is 68.8 Å². The van der Waals surface area contributed by atoms with Crippen LogP contribution in [0.25, 0.3) is 0 Å². The lowest BCUT2D eigenvalue weighted by atomic mass is 10.1. The van der Waals surface area contributed by atoms with Crippen LogP contribution >= 0.6 is 0 Å². The number of aryl methyl sites for hydroxylation is 1. The summed E-state index contributed by atoms with van der Waals surface area (Å²) in [7, 11) is 0. The molecule has 2 N–H and O–H groups in total. The molecule has 0 spiro atoms. The Bertz CT molecular complexity index is 748. The summed E-state index contributed by atoms with van der Waals surface area (Å²) in [6.45, 7) is 9.31. The van der Waals surface area contributed by atoms with Gasteiger partial charge in [0.05, 0.1) is 25.5 Å². The average molecular weight is 401 g/mol. The molecule has 0 aliphatic heterocycles. The van der Waals surface area contributed by atoms with Crippen molar-refractivity contribution in [3.63, 3.8) is 0 Å². The fraction of sp³-hybridized carbons (Fsp3) is 0.435.